The zero-order valence-corrected chi connectivity index (χ0v) is 15.4. The van der Waals surface area contributed by atoms with E-state index < -0.39 is 0 Å². The van der Waals surface area contributed by atoms with Gasteiger partial charge in [0.2, 0.25) is 5.91 Å². The van der Waals surface area contributed by atoms with Crippen molar-refractivity contribution in [3.63, 3.8) is 0 Å². The van der Waals surface area contributed by atoms with Gasteiger partial charge in [0.05, 0.1) is 13.0 Å². The molecule has 0 bridgehead atoms. The summed E-state index contributed by atoms with van der Waals surface area (Å²) in [6.07, 6.45) is 13.1. The van der Waals surface area contributed by atoms with E-state index in [1.54, 1.807) is 0 Å². The molecule has 0 aliphatic carbocycles. The van der Waals surface area contributed by atoms with Gasteiger partial charge in [-0.3, -0.25) is 4.79 Å². The highest BCUT2D eigenvalue weighted by Crippen LogP contribution is 2.08. The van der Waals surface area contributed by atoms with E-state index in [2.05, 4.69) is 18.7 Å². The third-order valence-corrected chi connectivity index (χ3v) is 4.08. The molecule has 0 aromatic carbocycles. The van der Waals surface area contributed by atoms with Gasteiger partial charge in [0.1, 0.15) is 0 Å². The normalized spacial score (nSPS) is 10.9. The standard InChI is InChI=1S/C19H39NO2/c1-4-7-9-11-13-16-20(17-14-12-10-8-5-2)19(21)15-18-22-6-3/h4-18H2,1-3H3. The molecule has 0 spiro atoms. The van der Waals surface area contributed by atoms with Crippen LogP contribution in [0.15, 0.2) is 0 Å². The number of nitrogens with zero attached hydrogens (tertiary/aromatic N) is 1. The lowest BCUT2D eigenvalue weighted by Gasteiger charge is -2.23. The lowest BCUT2D eigenvalue weighted by atomic mass is 10.1. The predicted molar refractivity (Wildman–Crippen MR) is 95.2 cm³/mol. The Morgan fingerprint density at radius 3 is 1.73 bits per heavy atom. The van der Waals surface area contributed by atoms with Gasteiger partial charge in [0.15, 0.2) is 0 Å². The molecule has 3 heteroatoms. The molecule has 0 N–H and O–H groups in total. The van der Waals surface area contributed by atoms with Crippen molar-refractivity contribution in [2.75, 3.05) is 26.3 Å². The van der Waals surface area contributed by atoms with E-state index >= 15 is 0 Å². The Hall–Kier alpha value is -0.570. The molecule has 0 saturated carbocycles. The first-order chi connectivity index (χ1) is 10.8. The molecule has 0 unspecified atom stereocenters. The molecule has 0 fully saturated rings. The minimum absolute atomic E-state index is 0.277. The van der Waals surface area contributed by atoms with Gasteiger partial charge in [-0.1, -0.05) is 65.2 Å². The molecular formula is C19H39NO2. The topological polar surface area (TPSA) is 29.5 Å². The second-order valence-electron chi connectivity index (χ2n) is 6.16. The highest BCUT2D eigenvalue weighted by molar-refractivity contribution is 5.76. The lowest BCUT2D eigenvalue weighted by Crippen LogP contribution is -2.33. The average Bonchev–Trinajstić information content (AvgIpc) is 2.52. The fourth-order valence-corrected chi connectivity index (χ4v) is 2.64. The molecule has 0 saturated heterocycles. The van der Waals surface area contributed by atoms with E-state index in [4.69, 9.17) is 4.74 Å². The van der Waals surface area contributed by atoms with Crippen molar-refractivity contribution in [3.8, 4) is 0 Å². The second-order valence-corrected chi connectivity index (χ2v) is 6.16. The quantitative estimate of drug-likeness (QED) is 0.367. The van der Waals surface area contributed by atoms with Crippen LogP contribution in [0.2, 0.25) is 0 Å². The molecule has 0 aromatic rings. The van der Waals surface area contributed by atoms with Crippen molar-refractivity contribution in [1.29, 1.82) is 0 Å². The molecule has 0 atom stereocenters. The van der Waals surface area contributed by atoms with Gasteiger partial charge in [-0.05, 0) is 19.8 Å². The van der Waals surface area contributed by atoms with Crippen LogP contribution in [-0.2, 0) is 9.53 Å². The Labute approximate surface area is 138 Å². The van der Waals surface area contributed by atoms with E-state index in [0.29, 0.717) is 19.6 Å². The minimum atomic E-state index is 0.277. The summed E-state index contributed by atoms with van der Waals surface area (Å²) in [5.41, 5.74) is 0. The maximum atomic E-state index is 12.3. The van der Waals surface area contributed by atoms with Crippen molar-refractivity contribution >= 4 is 5.91 Å². The van der Waals surface area contributed by atoms with E-state index in [0.717, 1.165) is 25.9 Å². The van der Waals surface area contributed by atoms with E-state index in [1.807, 2.05) is 6.92 Å². The number of unbranched alkanes of at least 4 members (excludes halogenated alkanes) is 8. The van der Waals surface area contributed by atoms with Gasteiger partial charge in [0.25, 0.3) is 0 Å². The number of ether oxygens (including phenoxy) is 1. The molecule has 0 aromatic heterocycles. The maximum Gasteiger partial charge on any atom is 0.224 e. The van der Waals surface area contributed by atoms with Gasteiger partial charge in [-0.25, -0.2) is 0 Å². The third-order valence-electron chi connectivity index (χ3n) is 4.08. The van der Waals surface area contributed by atoms with Gasteiger partial charge in [-0.2, -0.15) is 0 Å². The minimum Gasteiger partial charge on any atom is -0.381 e. The summed E-state index contributed by atoms with van der Waals surface area (Å²) in [6.45, 7) is 9.58. The highest BCUT2D eigenvalue weighted by Gasteiger charge is 2.12. The number of amides is 1. The summed E-state index contributed by atoms with van der Waals surface area (Å²) in [5.74, 6) is 0.277. The first-order valence-corrected chi connectivity index (χ1v) is 9.61. The molecule has 22 heavy (non-hydrogen) atoms. The van der Waals surface area contributed by atoms with Crippen molar-refractivity contribution in [2.24, 2.45) is 0 Å². The van der Waals surface area contributed by atoms with Crippen LogP contribution in [0.4, 0.5) is 0 Å². The molecule has 1 amide bonds. The Morgan fingerprint density at radius 2 is 1.27 bits per heavy atom. The summed E-state index contributed by atoms with van der Waals surface area (Å²) >= 11 is 0. The summed E-state index contributed by atoms with van der Waals surface area (Å²) in [4.78, 5) is 14.4. The number of hydrogen-bond acceptors (Lipinski definition) is 2. The van der Waals surface area contributed by atoms with Crippen molar-refractivity contribution in [3.05, 3.63) is 0 Å². The van der Waals surface area contributed by atoms with Crippen LogP contribution in [0.5, 0.6) is 0 Å². The molecule has 0 aliphatic rings. The summed E-state index contributed by atoms with van der Waals surface area (Å²) in [5, 5.41) is 0. The largest absolute Gasteiger partial charge is 0.381 e. The molecule has 132 valence electrons. The Morgan fingerprint density at radius 1 is 0.773 bits per heavy atom. The van der Waals surface area contributed by atoms with Gasteiger partial charge in [-0.15, -0.1) is 0 Å². The average molecular weight is 314 g/mol. The zero-order chi connectivity index (χ0) is 16.5. The summed E-state index contributed by atoms with van der Waals surface area (Å²) in [6, 6.07) is 0. The molecule has 0 aliphatic heterocycles. The first kappa shape index (κ1) is 21.4. The Balaban J connectivity index is 3.98. The van der Waals surface area contributed by atoms with Crippen LogP contribution < -0.4 is 0 Å². The molecular weight excluding hydrogens is 274 g/mol. The SMILES string of the molecule is CCCCCCCN(CCCCCCC)C(=O)CCOCC. The van der Waals surface area contributed by atoms with Crippen molar-refractivity contribution in [1.82, 2.24) is 4.90 Å². The Kier molecular flexibility index (Phi) is 16.4. The van der Waals surface area contributed by atoms with E-state index in [-0.39, 0.29) is 5.91 Å². The number of carbonyl (C=O) groups is 1. The number of rotatable bonds is 16. The van der Waals surface area contributed by atoms with Crippen LogP contribution >= 0.6 is 0 Å². The fourth-order valence-electron chi connectivity index (χ4n) is 2.64. The van der Waals surface area contributed by atoms with E-state index in [9.17, 15) is 4.79 Å². The van der Waals surface area contributed by atoms with Gasteiger partial charge in [0, 0.05) is 19.7 Å². The number of carbonyl (C=O) groups excluding carboxylic acids is 1. The monoisotopic (exact) mass is 313 g/mol. The van der Waals surface area contributed by atoms with Gasteiger partial charge < -0.3 is 9.64 Å². The van der Waals surface area contributed by atoms with Crippen LogP contribution in [-0.4, -0.2) is 37.1 Å². The Bertz CT molecular complexity index is 230. The van der Waals surface area contributed by atoms with Gasteiger partial charge >= 0.3 is 0 Å². The molecule has 0 rings (SSSR count). The van der Waals surface area contributed by atoms with Crippen molar-refractivity contribution < 1.29 is 9.53 Å². The van der Waals surface area contributed by atoms with E-state index in [1.165, 1.54) is 51.4 Å². The highest BCUT2D eigenvalue weighted by atomic mass is 16.5. The lowest BCUT2D eigenvalue weighted by molar-refractivity contribution is -0.132. The smallest absolute Gasteiger partial charge is 0.224 e. The summed E-state index contributed by atoms with van der Waals surface area (Å²) in [7, 11) is 0. The molecule has 3 nitrogen and oxygen atoms in total. The van der Waals surface area contributed by atoms with Crippen LogP contribution in [0, 0.1) is 0 Å². The molecule has 0 heterocycles. The van der Waals surface area contributed by atoms with Crippen LogP contribution in [0.25, 0.3) is 0 Å². The zero-order valence-electron chi connectivity index (χ0n) is 15.4. The summed E-state index contributed by atoms with van der Waals surface area (Å²) < 4.78 is 5.32. The molecule has 0 radical (unpaired) electrons. The maximum absolute atomic E-state index is 12.3. The van der Waals surface area contributed by atoms with Crippen LogP contribution in [0.1, 0.15) is 91.4 Å². The third kappa shape index (κ3) is 13.1. The van der Waals surface area contributed by atoms with Crippen molar-refractivity contribution in [2.45, 2.75) is 91.4 Å². The first-order valence-electron chi connectivity index (χ1n) is 9.61. The number of hydrogen-bond donors (Lipinski definition) is 0. The van der Waals surface area contributed by atoms with Crippen LogP contribution in [0.3, 0.4) is 0 Å². The fraction of sp³-hybridized carbons (Fsp3) is 0.947. The second kappa shape index (κ2) is 16.8. The predicted octanol–water partition coefficient (Wildman–Crippen LogP) is 5.18.